The van der Waals surface area contributed by atoms with E-state index in [9.17, 15) is 32.8 Å². The normalized spacial score (nSPS) is 12.9. The summed E-state index contributed by atoms with van der Waals surface area (Å²) < 4.78 is 28.7. The number of amides is 3. The standard InChI is InChI=1S/C22H18FN7O3.C12H12FNO5/c23-16-13-25-20(30-7-6-26-27-30)18-17(16)15(12-24-18)19(31)22(33)29-10-8-28(9-11-29)21(32)14-4-2-1-3-5-14;1-19-14(11(16)6-10(15)12(17)18)7-8-2-4-9(13)5-3-8/h1-7,12-13,24H,8-11H2;2-6,15H,7H2,1H3,(H,17,18)/b;10-6-. The number of H-pyrrole nitrogens is 1. The number of aliphatic hydroxyl groups excluding tert-OH is 1. The van der Waals surface area contributed by atoms with Crippen LogP contribution in [-0.4, -0.2) is 113 Å². The molecule has 18 heteroatoms. The van der Waals surface area contributed by atoms with E-state index in [0.29, 0.717) is 30.3 Å². The van der Waals surface area contributed by atoms with Crippen LogP contribution in [0.2, 0.25) is 0 Å². The van der Waals surface area contributed by atoms with Gasteiger partial charge in [0.1, 0.15) is 5.82 Å². The van der Waals surface area contributed by atoms with Crippen molar-refractivity contribution in [3.8, 4) is 5.82 Å². The number of aromatic nitrogens is 5. The molecule has 0 spiro atoms. The minimum absolute atomic E-state index is 0.0149. The number of carboxylic acids is 1. The molecule has 0 atom stereocenters. The lowest BCUT2D eigenvalue weighted by Crippen LogP contribution is -2.52. The minimum atomic E-state index is -1.62. The third kappa shape index (κ3) is 8.30. The molecule has 3 aromatic heterocycles. The van der Waals surface area contributed by atoms with Gasteiger partial charge in [-0.05, 0) is 29.8 Å². The molecule has 52 heavy (non-hydrogen) atoms. The fourth-order valence-electron chi connectivity index (χ4n) is 5.14. The van der Waals surface area contributed by atoms with Crippen molar-refractivity contribution >= 4 is 40.4 Å². The zero-order valence-corrected chi connectivity index (χ0v) is 27.3. The summed E-state index contributed by atoms with van der Waals surface area (Å²) in [6.07, 6.45) is 5.77. The number of nitrogens with zero attached hydrogens (tertiary/aromatic N) is 7. The van der Waals surface area contributed by atoms with Crippen LogP contribution in [0, 0.1) is 11.6 Å². The fourth-order valence-corrected chi connectivity index (χ4v) is 5.14. The first-order valence-corrected chi connectivity index (χ1v) is 15.4. The number of benzene rings is 2. The summed E-state index contributed by atoms with van der Waals surface area (Å²) in [6, 6.07) is 14.2. The number of aromatic amines is 1. The van der Waals surface area contributed by atoms with Crippen molar-refractivity contribution in [3.63, 3.8) is 0 Å². The van der Waals surface area contributed by atoms with Crippen LogP contribution in [0.25, 0.3) is 16.7 Å². The number of nitrogens with one attached hydrogen (secondary N) is 1. The van der Waals surface area contributed by atoms with Gasteiger partial charge < -0.3 is 25.0 Å². The van der Waals surface area contributed by atoms with Gasteiger partial charge in [0.05, 0.1) is 54.8 Å². The summed E-state index contributed by atoms with van der Waals surface area (Å²) in [6.45, 7) is 1.00. The van der Waals surface area contributed by atoms with E-state index in [1.165, 1.54) is 59.5 Å². The van der Waals surface area contributed by atoms with Crippen LogP contribution < -0.4 is 0 Å². The highest BCUT2D eigenvalue weighted by Crippen LogP contribution is 2.26. The lowest BCUT2D eigenvalue weighted by atomic mass is 10.1. The lowest BCUT2D eigenvalue weighted by molar-refractivity contribution is -0.173. The first kappa shape index (κ1) is 36.5. The molecule has 0 aliphatic carbocycles. The van der Waals surface area contributed by atoms with Gasteiger partial charge >= 0.3 is 5.97 Å². The Labute approximate surface area is 293 Å². The van der Waals surface area contributed by atoms with E-state index < -0.39 is 41.0 Å². The van der Waals surface area contributed by atoms with E-state index in [-0.39, 0.29) is 47.8 Å². The van der Waals surface area contributed by atoms with E-state index in [2.05, 4.69) is 20.3 Å². The molecule has 5 aromatic rings. The van der Waals surface area contributed by atoms with Crippen molar-refractivity contribution in [2.45, 2.75) is 6.54 Å². The molecule has 1 fully saturated rings. The molecule has 6 rings (SSSR count). The molecule has 0 unspecified atom stereocenters. The molecule has 0 bridgehead atoms. The molecule has 3 N–H and O–H groups in total. The van der Waals surface area contributed by atoms with Crippen molar-refractivity contribution < 1.29 is 47.8 Å². The molecule has 1 saturated heterocycles. The van der Waals surface area contributed by atoms with Crippen LogP contribution in [0.15, 0.2) is 91.2 Å². The first-order chi connectivity index (χ1) is 25.0. The second kappa shape index (κ2) is 16.3. The molecule has 1 aliphatic rings. The van der Waals surface area contributed by atoms with E-state index in [1.807, 2.05) is 6.07 Å². The van der Waals surface area contributed by atoms with Gasteiger partial charge in [-0.1, -0.05) is 35.5 Å². The van der Waals surface area contributed by atoms with Crippen LogP contribution in [-0.2, 0) is 25.8 Å². The Morgan fingerprint density at radius 3 is 2.25 bits per heavy atom. The monoisotopic (exact) mass is 716 g/mol. The number of rotatable bonds is 9. The smallest absolute Gasteiger partial charge is 0.371 e. The third-order valence-corrected chi connectivity index (χ3v) is 7.78. The van der Waals surface area contributed by atoms with Gasteiger partial charge in [0, 0.05) is 37.9 Å². The summed E-state index contributed by atoms with van der Waals surface area (Å²) >= 11 is 0. The summed E-state index contributed by atoms with van der Waals surface area (Å²) in [5.41, 5.74) is 1.30. The second-order valence-electron chi connectivity index (χ2n) is 11.0. The number of carboxylic acid groups (broad SMARTS) is 1. The Balaban J connectivity index is 0.000000235. The van der Waals surface area contributed by atoms with Crippen molar-refractivity contribution in [1.29, 1.82) is 0 Å². The molecule has 16 nitrogen and oxygen atoms in total. The predicted molar refractivity (Wildman–Crippen MR) is 177 cm³/mol. The summed E-state index contributed by atoms with van der Waals surface area (Å²) in [7, 11) is 1.22. The fraction of sp³-hybridized carbons (Fsp3) is 0.176. The average molecular weight is 717 g/mol. The highest BCUT2D eigenvalue weighted by Gasteiger charge is 2.31. The number of hydroxylamine groups is 2. The predicted octanol–water partition coefficient (Wildman–Crippen LogP) is 2.69. The molecular formula is C34H30F2N8O8. The number of hydrogen-bond donors (Lipinski definition) is 3. The number of carbonyl (C=O) groups is 5. The third-order valence-electron chi connectivity index (χ3n) is 7.78. The highest BCUT2D eigenvalue weighted by atomic mass is 19.1. The SMILES string of the molecule is CON(Cc1ccc(F)cc1)C(=O)/C=C(\O)C(=O)O.O=C(C(=O)N1CCN(C(=O)c2ccccc2)CC1)c1c[nH]c2c(-n3ccnn3)ncc(F)c12. The maximum atomic E-state index is 14.6. The number of halogens is 2. The number of carbonyl (C=O) groups excluding carboxylic acids is 4. The van der Waals surface area contributed by atoms with Gasteiger partial charge in [-0.25, -0.2) is 28.3 Å². The van der Waals surface area contributed by atoms with Gasteiger partial charge in [-0.3, -0.25) is 24.0 Å². The van der Waals surface area contributed by atoms with Gasteiger partial charge in [0.25, 0.3) is 23.5 Å². The molecule has 0 saturated carbocycles. The number of ketones is 1. The molecule has 3 amide bonds. The Morgan fingerprint density at radius 2 is 1.63 bits per heavy atom. The van der Waals surface area contributed by atoms with E-state index in [4.69, 9.17) is 15.1 Å². The lowest BCUT2D eigenvalue weighted by Gasteiger charge is -2.34. The topological polar surface area (TPSA) is 204 Å². The first-order valence-electron chi connectivity index (χ1n) is 15.4. The summed E-state index contributed by atoms with van der Waals surface area (Å²) in [5, 5.41) is 25.7. The Hall–Kier alpha value is -6.82. The van der Waals surface area contributed by atoms with Gasteiger partial charge in [-0.15, -0.1) is 5.10 Å². The van der Waals surface area contributed by atoms with Gasteiger partial charge in [0.2, 0.25) is 5.76 Å². The number of aliphatic hydroxyl groups is 1. The maximum absolute atomic E-state index is 14.6. The number of hydrogen-bond acceptors (Lipinski definition) is 10. The van der Waals surface area contributed by atoms with Crippen LogP contribution in [0.1, 0.15) is 26.3 Å². The van der Waals surface area contributed by atoms with Gasteiger partial charge in [-0.2, -0.15) is 0 Å². The van der Waals surface area contributed by atoms with Crippen molar-refractivity contribution in [1.82, 2.24) is 39.8 Å². The molecule has 2 aromatic carbocycles. The molecular weight excluding hydrogens is 686 g/mol. The highest BCUT2D eigenvalue weighted by molar-refractivity contribution is 6.45. The zero-order valence-electron chi connectivity index (χ0n) is 27.3. The Bertz CT molecular complexity index is 2110. The molecule has 1 aliphatic heterocycles. The number of aliphatic carboxylic acids is 1. The zero-order chi connectivity index (χ0) is 37.4. The van der Waals surface area contributed by atoms with Gasteiger partial charge in [0.15, 0.2) is 11.6 Å². The molecule has 268 valence electrons. The Kier molecular flexibility index (Phi) is 11.4. The van der Waals surface area contributed by atoms with Crippen molar-refractivity contribution in [3.05, 3.63) is 120 Å². The molecule has 4 heterocycles. The average Bonchev–Trinajstić information content (AvgIpc) is 3.86. The van der Waals surface area contributed by atoms with E-state index in [0.717, 1.165) is 11.3 Å². The maximum Gasteiger partial charge on any atom is 0.371 e. The van der Waals surface area contributed by atoms with Crippen LogP contribution >= 0.6 is 0 Å². The summed E-state index contributed by atoms with van der Waals surface area (Å²) in [5.74, 6) is -6.15. The number of pyridine rings is 1. The number of Topliss-reactive ketones (excluding diaryl/α,β-unsaturated/α-hetero) is 1. The summed E-state index contributed by atoms with van der Waals surface area (Å²) in [4.78, 5) is 75.1. The van der Waals surface area contributed by atoms with Crippen LogP contribution in [0.5, 0.6) is 0 Å². The van der Waals surface area contributed by atoms with Crippen LogP contribution in [0.4, 0.5) is 8.78 Å². The largest absolute Gasteiger partial charge is 0.502 e. The number of piperazine rings is 1. The second-order valence-corrected chi connectivity index (χ2v) is 11.0. The van der Waals surface area contributed by atoms with Crippen molar-refractivity contribution in [2.24, 2.45) is 0 Å². The Morgan fingerprint density at radius 1 is 0.962 bits per heavy atom. The van der Waals surface area contributed by atoms with Crippen LogP contribution in [0.3, 0.4) is 0 Å². The minimum Gasteiger partial charge on any atom is -0.502 e. The quantitative estimate of drug-likeness (QED) is 0.0665. The van der Waals surface area contributed by atoms with Crippen molar-refractivity contribution in [2.75, 3.05) is 33.3 Å². The van der Waals surface area contributed by atoms with E-state index >= 15 is 0 Å². The number of fused-ring (bicyclic) bond motifs is 1. The molecule has 0 radical (unpaired) electrons. The van der Waals surface area contributed by atoms with E-state index in [1.54, 1.807) is 29.2 Å².